The minimum Gasteiger partial charge on any atom is -0.305 e. The maximum absolute atomic E-state index is 3.80. The summed E-state index contributed by atoms with van der Waals surface area (Å²) in [5.41, 5.74) is 4.12. The van der Waals surface area contributed by atoms with Gasteiger partial charge in [-0.2, -0.15) is 0 Å². The number of nitrogens with one attached hydrogen (secondary N) is 1. The third-order valence-electron chi connectivity index (χ3n) is 5.04. The van der Waals surface area contributed by atoms with Crippen LogP contribution in [-0.4, -0.2) is 49.6 Å². The zero-order chi connectivity index (χ0) is 16.8. The molecule has 0 spiro atoms. The molecule has 1 saturated heterocycles. The summed E-state index contributed by atoms with van der Waals surface area (Å²) < 4.78 is 0. The van der Waals surface area contributed by atoms with Crippen LogP contribution in [0.5, 0.6) is 0 Å². The van der Waals surface area contributed by atoms with Gasteiger partial charge in [0.1, 0.15) is 0 Å². The van der Waals surface area contributed by atoms with Crippen LogP contribution in [0.2, 0.25) is 0 Å². The predicted molar refractivity (Wildman–Crippen MR) is 101 cm³/mol. The first-order valence-electron chi connectivity index (χ1n) is 8.96. The van der Waals surface area contributed by atoms with Crippen molar-refractivity contribution < 1.29 is 0 Å². The molecule has 2 aromatic rings. The molecule has 3 rings (SSSR count). The summed E-state index contributed by atoms with van der Waals surface area (Å²) in [6, 6.07) is 19.9. The van der Waals surface area contributed by atoms with Crippen LogP contribution in [0, 0.1) is 6.92 Å². The van der Waals surface area contributed by atoms with Crippen LogP contribution in [-0.2, 0) is 6.54 Å². The Balaban J connectivity index is 1.67. The van der Waals surface area contributed by atoms with Gasteiger partial charge < -0.3 is 10.2 Å². The summed E-state index contributed by atoms with van der Waals surface area (Å²) in [5.74, 6) is 0. The Morgan fingerprint density at radius 3 is 2.29 bits per heavy atom. The van der Waals surface area contributed by atoms with Gasteiger partial charge >= 0.3 is 0 Å². The van der Waals surface area contributed by atoms with E-state index < -0.39 is 0 Å². The van der Waals surface area contributed by atoms with Crippen molar-refractivity contribution >= 4 is 0 Å². The van der Waals surface area contributed by atoms with E-state index in [1.165, 1.54) is 29.8 Å². The second-order valence-electron chi connectivity index (χ2n) is 6.87. The van der Waals surface area contributed by atoms with E-state index in [2.05, 4.69) is 83.7 Å². The number of hydrogen-bond donors (Lipinski definition) is 1. The van der Waals surface area contributed by atoms with Crippen LogP contribution in [0.15, 0.2) is 54.6 Å². The standard InChI is InChI=1S/C21H29N3/c1-18-8-6-7-11-20(18)16-22-21(19-9-4-3-5-10-19)17-24-14-12-23(2)13-15-24/h3-11,21-22H,12-17H2,1-2H3/t21-/m1/s1. The second kappa shape index (κ2) is 8.43. The SMILES string of the molecule is Cc1ccccc1CN[C@H](CN1CCN(C)CC1)c1ccccc1. The lowest BCUT2D eigenvalue weighted by Gasteiger charge is -2.35. The molecular formula is C21H29N3. The Morgan fingerprint density at radius 2 is 1.58 bits per heavy atom. The highest BCUT2D eigenvalue weighted by atomic mass is 15.3. The molecule has 2 aromatic carbocycles. The van der Waals surface area contributed by atoms with E-state index in [1.54, 1.807) is 0 Å². The minimum absolute atomic E-state index is 0.370. The van der Waals surface area contributed by atoms with Gasteiger partial charge in [0.15, 0.2) is 0 Å². The van der Waals surface area contributed by atoms with Crippen LogP contribution in [0.3, 0.4) is 0 Å². The van der Waals surface area contributed by atoms with Crippen molar-refractivity contribution in [2.45, 2.75) is 19.5 Å². The van der Waals surface area contributed by atoms with Crippen LogP contribution in [0.1, 0.15) is 22.7 Å². The average Bonchev–Trinajstić information content (AvgIpc) is 2.62. The molecule has 0 saturated carbocycles. The van der Waals surface area contributed by atoms with E-state index in [0.717, 1.165) is 26.2 Å². The molecule has 0 aliphatic carbocycles. The topological polar surface area (TPSA) is 18.5 Å². The molecule has 1 aliphatic rings. The molecule has 3 heteroatoms. The van der Waals surface area contributed by atoms with Crippen molar-refractivity contribution in [1.29, 1.82) is 0 Å². The summed E-state index contributed by atoms with van der Waals surface area (Å²) in [7, 11) is 2.21. The maximum Gasteiger partial charge on any atom is 0.0451 e. The average molecular weight is 323 g/mol. The van der Waals surface area contributed by atoms with Crippen molar-refractivity contribution in [2.24, 2.45) is 0 Å². The van der Waals surface area contributed by atoms with Gasteiger partial charge in [-0.05, 0) is 30.7 Å². The molecule has 1 aliphatic heterocycles. The van der Waals surface area contributed by atoms with E-state index in [1.807, 2.05) is 0 Å². The first kappa shape index (κ1) is 17.2. The lowest BCUT2D eigenvalue weighted by atomic mass is 10.0. The number of nitrogens with zero attached hydrogens (tertiary/aromatic N) is 2. The lowest BCUT2D eigenvalue weighted by molar-refractivity contribution is 0.142. The number of benzene rings is 2. The number of piperazine rings is 1. The first-order chi connectivity index (χ1) is 11.7. The Morgan fingerprint density at radius 1 is 0.917 bits per heavy atom. The largest absolute Gasteiger partial charge is 0.305 e. The van der Waals surface area contributed by atoms with E-state index in [9.17, 15) is 0 Å². The quantitative estimate of drug-likeness (QED) is 0.881. The summed E-state index contributed by atoms with van der Waals surface area (Å²) in [4.78, 5) is 5.00. The van der Waals surface area contributed by atoms with Gasteiger partial charge in [0, 0.05) is 45.3 Å². The Kier molecular flexibility index (Phi) is 6.02. The van der Waals surface area contributed by atoms with E-state index in [4.69, 9.17) is 0 Å². The molecule has 0 aromatic heterocycles. The van der Waals surface area contributed by atoms with Gasteiger partial charge in [-0.25, -0.2) is 0 Å². The molecular weight excluding hydrogens is 294 g/mol. The molecule has 1 N–H and O–H groups in total. The lowest BCUT2D eigenvalue weighted by Crippen LogP contribution is -2.47. The summed E-state index contributed by atoms with van der Waals surface area (Å²) >= 11 is 0. The fourth-order valence-electron chi connectivity index (χ4n) is 3.30. The third kappa shape index (κ3) is 4.67. The van der Waals surface area contributed by atoms with Gasteiger partial charge in [0.2, 0.25) is 0 Å². The van der Waals surface area contributed by atoms with Crippen molar-refractivity contribution in [1.82, 2.24) is 15.1 Å². The molecule has 24 heavy (non-hydrogen) atoms. The number of rotatable bonds is 6. The van der Waals surface area contributed by atoms with Gasteiger partial charge in [0.25, 0.3) is 0 Å². The van der Waals surface area contributed by atoms with Crippen LogP contribution >= 0.6 is 0 Å². The van der Waals surface area contributed by atoms with Gasteiger partial charge in [-0.15, -0.1) is 0 Å². The first-order valence-corrected chi connectivity index (χ1v) is 8.96. The molecule has 0 amide bonds. The fourth-order valence-corrected chi connectivity index (χ4v) is 3.30. The molecule has 1 atom stereocenters. The molecule has 128 valence electrons. The highest BCUT2D eigenvalue weighted by Gasteiger charge is 2.19. The number of hydrogen-bond acceptors (Lipinski definition) is 3. The number of likely N-dealkylation sites (N-methyl/N-ethyl adjacent to an activating group) is 1. The zero-order valence-electron chi connectivity index (χ0n) is 14.9. The van der Waals surface area contributed by atoms with E-state index >= 15 is 0 Å². The smallest absolute Gasteiger partial charge is 0.0451 e. The molecule has 0 radical (unpaired) electrons. The van der Waals surface area contributed by atoms with E-state index in [0.29, 0.717) is 6.04 Å². The molecule has 0 bridgehead atoms. The second-order valence-corrected chi connectivity index (χ2v) is 6.87. The fraction of sp³-hybridized carbons (Fsp3) is 0.429. The predicted octanol–water partition coefficient (Wildman–Crippen LogP) is 3.07. The Labute approximate surface area is 146 Å². The van der Waals surface area contributed by atoms with Crippen molar-refractivity contribution in [3.63, 3.8) is 0 Å². The van der Waals surface area contributed by atoms with Crippen molar-refractivity contribution in [3.05, 3.63) is 71.3 Å². The van der Waals surface area contributed by atoms with Gasteiger partial charge in [-0.1, -0.05) is 54.6 Å². The Hall–Kier alpha value is -1.68. The number of aryl methyl sites for hydroxylation is 1. The van der Waals surface area contributed by atoms with Gasteiger partial charge in [0.05, 0.1) is 0 Å². The molecule has 1 fully saturated rings. The monoisotopic (exact) mass is 323 g/mol. The Bertz CT molecular complexity index is 618. The summed E-state index contributed by atoms with van der Waals surface area (Å²) in [6.45, 7) is 8.83. The van der Waals surface area contributed by atoms with Crippen LogP contribution in [0.25, 0.3) is 0 Å². The summed E-state index contributed by atoms with van der Waals surface area (Å²) in [6.07, 6.45) is 0. The van der Waals surface area contributed by atoms with Crippen LogP contribution in [0.4, 0.5) is 0 Å². The van der Waals surface area contributed by atoms with Crippen LogP contribution < -0.4 is 5.32 Å². The molecule has 3 nitrogen and oxygen atoms in total. The van der Waals surface area contributed by atoms with Gasteiger partial charge in [-0.3, -0.25) is 4.90 Å². The van der Waals surface area contributed by atoms with Crippen molar-refractivity contribution in [2.75, 3.05) is 39.8 Å². The normalized spacial score (nSPS) is 17.8. The highest BCUT2D eigenvalue weighted by Crippen LogP contribution is 2.17. The molecule has 1 heterocycles. The van der Waals surface area contributed by atoms with E-state index in [-0.39, 0.29) is 0 Å². The minimum atomic E-state index is 0.370. The third-order valence-corrected chi connectivity index (χ3v) is 5.04. The highest BCUT2D eigenvalue weighted by molar-refractivity contribution is 5.26. The molecule has 0 unspecified atom stereocenters. The van der Waals surface area contributed by atoms with Crippen molar-refractivity contribution in [3.8, 4) is 0 Å². The summed E-state index contributed by atoms with van der Waals surface area (Å²) in [5, 5.41) is 3.80. The maximum atomic E-state index is 3.80. The zero-order valence-corrected chi connectivity index (χ0v) is 14.9.